The van der Waals surface area contributed by atoms with Gasteiger partial charge in [0.1, 0.15) is 0 Å². The van der Waals surface area contributed by atoms with Crippen molar-refractivity contribution in [3.8, 4) is 11.1 Å². The number of benzene rings is 2. The van der Waals surface area contributed by atoms with E-state index < -0.39 is 0 Å². The Morgan fingerprint density at radius 1 is 1.00 bits per heavy atom. The van der Waals surface area contributed by atoms with Gasteiger partial charge in [-0.15, -0.1) is 0 Å². The highest BCUT2D eigenvalue weighted by Gasteiger charge is 2.16. The Bertz CT molecular complexity index is 978. The van der Waals surface area contributed by atoms with E-state index in [4.69, 9.17) is 5.73 Å². The molecule has 0 radical (unpaired) electrons. The highest BCUT2D eigenvalue weighted by atomic mass is 16.1. The SMILES string of the molecule is Nc1ccc2c(c1)NC(=O)c1cc(-c3ccccc3)cnc1/C=C\C2. The molecule has 25 heavy (non-hydrogen) atoms. The van der Waals surface area contributed by atoms with Crippen LogP contribution in [-0.4, -0.2) is 10.9 Å². The van der Waals surface area contributed by atoms with Crippen LogP contribution in [0, 0.1) is 0 Å². The van der Waals surface area contributed by atoms with Crippen molar-refractivity contribution in [2.75, 3.05) is 11.1 Å². The Morgan fingerprint density at radius 3 is 2.68 bits per heavy atom. The molecule has 0 atom stereocenters. The molecule has 1 aliphatic rings. The van der Waals surface area contributed by atoms with Crippen LogP contribution in [-0.2, 0) is 6.42 Å². The number of nitrogen functional groups attached to an aromatic ring is 1. The average molecular weight is 327 g/mol. The predicted molar refractivity (Wildman–Crippen MR) is 101 cm³/mol. The fourth-order valence-corrected chi connectivity index (χ4v) is 2.95. The van der Waals surface area contributed by atoms with Gasteiger partial charge < -0.3 is 11.1 Å². The van der Waals surface area contributed by atoms with Gasteiger partial charge in [-0.25, -0.2) is 0 Å². The number of hydrogen-bond donors (Lipinski definition) is 2. The molecule has 1 amide bonds. The Balaban J connectivity index is 1.80. The summed E-state index contributed by atoms with van der Waals surface area (Å²) in [5.41, 5.74) is 11.4. The van der Waals surface area contributed by atoms with E-state index in [1.807, 2.05) is 60.7 Å². The van der Waals surface area contributed by atoms with Crippen molar-refractivity contribution in [2.24, 2.45) is 0 Å². The van der Waals surface area contributed by atoms with Crippen LogP contribution in [0.5, 0.6) is 0 Å². The maximum atomic E-state index is 12.8. The first-order valence-corrected chi connectivity index (χ1v) is 8.12. The molecule has 3 N–H and O–H groups in total. The Kier molecular flexibility index (Phi) is 3.78. The third-order valence-electron chi connectivity index (χ3n) is 4.27. The van der Waals surface area contributed by atoms with Gasteiger partial charge in [0.2, 0.25) is 0 Å². The molecule has 2 aromatic carbocycles. The molecule has 0 saturated carbocycles. The van der Waals surface area contributed by atoms with Gasteiger partial charge in [0, 0.05) is 23.1 Å². The average Bonchev–Trinajstić information content (AvgIpc) is 2.70. The first-order valence-electron chi connectivity index (χ1n) is 8.12. The van der Waals surface area contributed by atoms with Crippen molar-refractivity contribution in [1.29, 1.82) is 0 Å². The lowest BCUT2D eigenvalue weighted by atomic mass is 10.0. The number of carbonyl (C=O) groups excluding carboxylic acids is 1. The third kappa shape index (κ3) is 3.02. The summed E-state index contributed by atoms with van der Waals surface area (Å²) in [5, 5.41) is 2.98. The molecule has 1 aliphatic heterocycles. The Hall–Kier alpha value is -3.40. The molecule has 0 bridgehead atoms. The predicted octanol–water partition coefficient (Wildman–Crippen LogP) is 4.15. The number of hydrogen-bond acceptors (Lipinski definition) is 3. The standard InChI is InChI=1S/C21H17N3O/c22-17-10-9-15-7-4-8-19-18(21(25)24-20(15)12-17)11-16(13-23-19)14-5-2-1-3-6-14/h1-6,8-13H,7,22H2,(H,24,25)/b8-4-. The van der Waals surface area contributed by atoms with E-state index in [1.165, 1.54) is 0 Å². The van der Waals surface area contributed by atoms with Gasteiger partial charge in [0.05, 0.1) is 11.3 Å². The fourth-order valence-electron chi connectivity index (χ4n) is 2.95. The largest absolute Gasteiger partial charge is 0.399 e. The van der Waals surface area contributed by atoms with Crippen LogP contribution in [0.3, 0.4) is 0 Å². The molecule has 4 nitrogen and oxygen atoms in total. The fraction of sp³-hybridized carbons (Fsp3) is 0.0476. The van der Waals surface area contributed by atoms with E-state index in [-0.39, 0.29) is 5.91 Å². The molecule has 1 aromatic heterocycles. The number of pyridine rings is 1. The van der Waals surface area contributed by atoms with Crippen molar-refractivity contribution in [2.45, 2.75) is 6.42 Å². The highest BCUT2D eigenvalue weighted by Crippen LogP contribution is 2.26. The van der Waals surface area contributed by atoms with Gasteiger partial charge in [0.25, 0.3) is 5.91 Å². The molecule has 0 saturated heterocycles. The lowest BCUT2D eigenvalue weighted by molar-refractivity contribution is 0.102. The monoisotopic (exact) mass is 327 g/mol. The molecular formula is C21H17N3O. The zero-order chi connectivity index (χ0) is 17.2. The number of amides is 1. The van der Waals surface area contributed by atoms with Crippen LogP contribution in [0.1, 0.15) is 21.6 Å². The number of allylic oxidation sites excluding steroid dienone is 1. The summed E-state index contributed by atoms with van der Waals surface area (Å²) in [4.78, 5) is 17.3. The van der Waals surface area contributed by atoms with E-state index in [0.29, 0.717) is 23.4 Å². The van der Waals surface area contributed by atoms with Crippen molar-refractivity contribution >= 4 is 23.4 Å². The number of nitrogens with two attached hydrogens (primary N) is 1. The highest BCUT2D eigenvalue weighted by molar-refractivity contribution is 6.07. The molecule has 0 fully saturated rings. The zero-order valence-corrected chi connectivity index (χ0v) is 13.6. The first-order chi connectivity index (χ1) is 12.2. The molecule has 3 aromatic rings. The summed E-state index contributed by atoms with van der Waals surface area (Å²) in [6.07, 6.45) is 6.42. The number of nitrogens with zero attached hydrogens (tertiary/aromatic N) is 1. The van der Waals surface area contributed by atoms with E-state index in [1.54, 1.807) is 12.3 Å². The van der Waals surface area contributed by atoms with Crippen molar-refractivity contribution in [3.63, 3.8) is 0 Å². The molecule has 4 rings (SSSR count). The summed E-state index contributed by atoms with van der Waals surface area (Å²) in [6.45, 7) is 0. The Morgan fingerprint density at radius 2 is 1.84 bits per heavy atom. The van der Waals surface area contributed by atoms with E-state index >= 15 is 0 Å². The summed E-state index contributed by atoms with van der Waals surface area (Å²) in [7, 11) is 0. The Labute approximate surface area is 146 Å². The second-order valence-corrected chi connectivity index (χ2v) is 6.00. The smallest absolute Gasteiger partial charge is 0.257 e. The van der Waals surface area contributed by atoms with Crippen LogP contribution >= 0.6 is 0 Å². The molecule has 0 unspecified atom stereocenters. The number of rotatable bonds is 1. The molecule has 2 heterocycles. The van der Waals surface area contributed by atoms with E-state index in [0.717, 1.165) is 22.4 Å². The number of aromatic nitrogens is 1. The van der Waals surface area contributed by atoms with Gasteiger partial charge in [-0.3, -0.25) is 9.78 Å². The summed E-state index contributed by atoms with van der Waals surface area (Å²) >= 11 is 0. The molecule has 0 aliphatic carbocycles. The van der Waals surface area contributed by atoms with Gasteiger partial charge in [0.15, 0.2) is 0 Å². The summed E-state index contributed by atoms with van der Waals surface area (Å²) in [5.74, 6) is -0.182. The number of anilines is 2. The zero-order valence-electron chi connectivity index (χ0n) is 13.6. The van der Waals surface area contributed by atoms with Crippen molar-refractivity contribution in [1.82, 2.24) is 4.98 Å². The maximum Gasteiger partial charge on any atom is 0.257 e. The minimum absolute atomic E-state index is 0.182. The lowest BCUT2D eigenvalue weighted by Crippen LogP contribution is -2.15. The molecule has 4 heteroatoms. The second kappa shape index (κ2) is 6.24. The topological polar surface area (TPSA) is 68.0 Å². The summed E-state index contributed by atoms with van der Waals surface area (Å²) < 4.78 is 0. The third-order valence-corrected chi connectivity index (χ3v) is 4.27. The van der Waals surface area contributed by atoms with Crippen molar-refractivity contribution in [3.05, 3.63) is 83.7 Å². The van der Waals surface area contributed by atoms with E-state index in [2.05, 4.69) is 10.3 Å². The second-order valence-electron chi connectivity index (χ2n) is 6.00. The number of carbonyl (C=O) groups is 1. The number of fused-ring (bicyclic) bond motifs is 2. The van der Waals surface area contributed by atoms with Crippen LogP contribution < -0.4 is 11.1 Å². The van der Waals surface area contributed by atoms with Crippen LogP contribution in [0.15, 0.2) is 66.9 Å². The minimum Gasteiger partial charge on any atom is -0.399 e. The summed E-state index contributed by atoms with van der Waals surface area (Å²) in [6, 6.07) is 17.4. The number of nitrogens with one attached hydrogen (secondary N) is 1. The molecule has 122 valence electrons. The maximum absolute atomic E-state index is 12.8. The molecule has 0 spiro atoms. The quantitative estimate of drug-likeness (QED) is 0.660. The minimum atomic E-state index is -0.182. The van der Waals surface area contributed by atoms with Crippen LogP contribution in [0.2, 0.25) is 0 Å². The van der Waals surface area contributed by atoms with Crippen molar-refractivity contribution < 1.29 is 4.79 Å². The van der Waals surface area contributed by atoms with Gasteiger partial charge in [-0.2, -0.15) is 0 Å². The molecular weight excluding hydrogens is 310 g/mol. The van der Waals surface area contributed by atoms with Gasteiger partial charge in [-0.05, 0) is 41.8 Å². The first kappa shape index (κ1) is 15.1. The lowest BCUT2D eigenvalue weighted by Gasteiger charge is -2.11. The van der Waals surface area contributed by atoms with Gasteiger partial charge >= 0.3 is 0 Å². The normalized spacial score (nSPS) is 14.3. The van der Waals surface area contributed by atoms with Gasteiger partial charge in [-0.1, -0.05) is 42.5 Å². The van der Waals surface area contributed by atoms with E-state index in [9.17, 15) is 4.79 Å². The van der Waals surface area contributed by atoms with Crippen LogP contribution in [0.4, 0.5) is 11.4 Å². The van der Waals surface area contributed by atoms with Crippen LogP contribution in [0.25, 0.3) is 17.2 Å².